The summed E-state index contributed by atoms with van der Waals surface area (Å²) in [4.78, 5) is 12.5. The Kier molecular flexibility index (Phi) is 4.47. The number of rotatable bonds is 3. The third-order valence-electron chi connectivity index (χ3n) is 3.95. The molecule has 0 saturated carbocycles. The normalized spacial score (nSPS) is 18.0. The molecule has 1 aliphatic rings. The second-order valence-electron chi connectivity index (χ2n) is 5.71. The highest BCUT2D eigenvalue weighted by atomic mass is 35.5. The van der Waals surface area contributed by atoms with E-state index < -0.39 is 15.9 Å². The molecule has 1 aliphatic heterocycles. The standard InChI is InChI=1S/C18H16ClNO3S/c1-13-5-7-17(8-6-13)24(22,23)20-10-9-15(12-18(20)21)14-3-2-4-16(19)11-14/h2-11,15H,12H2,1H3. The van der Waals surface area contributed by atoms with Crippen molar-refractivity contribution in [1.29, 1.82) is 0 Å². The van der Waals surface area contributed by atoms with Gasteiger partial charge in [-0.1, -0.05) is 47.5 Å². The zero-order chi connectivity index (χ0) is 17.3. The molecule has 1 atom stereocenters. The maximum Gasteiger partial charge on any atom is 0.270 e. The number of amides is 1. The summed E-state index contributed by atoms with van der Waals surface area (Å²) in [6, 6.07) is 13.7. The molecule has 0 N–H and O–H groups in total. The molecule has 124 valence electrons. The minimum atomic E-state index is -3.87. The first-order valence-electron chi connectivity index (χ1n) is 7.45. The van der Waals surface area contributed by atoms with Gasteiger partial charge in [-0.25, -0.2) is 12.7 Å². The Hall–Kier alpha value is -2.11. The van der Waals surface area contributed by atoms with Crippen LogP contribution in [0.5, 0.6) is 0 Å². The van der Waals surface area contributed by atoms with Crippen LogP contribution in [0.25, 0.3) is 0 Å². The van der Waals surface area contributed by atoms with Gasteiger partial charge in [-0.3, -0.25) is 4.79 Å². The fourth-order valence-corrected chi connectivity index (χ4v) is 4.09. The van der Waals surface area contributed by atoms with Crippen molar-refractivity contribution in [3.8, 4) is 0 Å². The summed E-state index contributed by atoms with van der Waals surface area (Å²) in [5, 5.41) is 0.586. The molecule has 6 heteroatoms. The lowest BCUT2D eigenvalue weighted by molar-refractivity contribution is -0.125. The van der Waals surface area contributed by atoms with Crippen LogP contribution in [0.15, 0.2) is 65.7 Å². The maximum absolute atomic E-state index is 12.6. The summed E-state index contributed by atoms with van der Waals surface area (Å²) in [5.74, 6) is -0.635. The molecule has 24 heavy (non-hydrogen) atoms. The Bertz CT molecular complexity index is 904. The van der Waals surface area contributed by atoms with Crippen LogP contribution in [-0.2, 0) is 14.8 Å². The van der Waals surface area contributed by atoms with Crippen LogP contribution in [0.3, 0.4) is 0 Å². The van der Waals surface area contributed by atoms with Crippen molar-refractivity contribution < 1.29 is 13.2 Å². The molecule has 0 aliphatic carbocycles. The van der Waals surface area contributed by atoms with Crippen LogP contribution in [0.1, 0.15) is 23.5 Å². The van der Waals surface area contributed by atoms with E-state index in [0.717, 1.165) is 15.4 Å². The van der Waals surface area contributed by atoms with E-state index in [1.807, 2.05) is 19.1 Å². The van der Waals surface area contributed by atoms with Gasteiger partial charge < -0.3 is 0 Å². The second kappa shape index (κ2) is 6.42. The molecule has 1 heterocycles. The van der Waals surface area contributed by atoms with Crippen molar-refractivity contribution in [1.82, 2.24) is 4.31 Å². The summed E-state index contributed by atoms with van der Waals surface area (Å²) >= 11 is 5.98. The van der Waals surface area contributed by atoms with Gasteiger partial charge in [-0.2, -0.15) is 0 Å². The summed E-state index contributed by atoms with van der Waals surface area (Å²) in [7, 11) is -3.87. The molecule has 0 aromatic heterocycles. The smallest absolute Gasteiger partial charge is 0.270 e. The Labute approximate surface area is 146 Å². The Morgan fingerprint density at radius 2 is 1.83 bits per heavy atom. The Balaban J connectivity index is 1.90. The average molecular weight is 362 g/mol. The number of benzene rings is 2. The third kappa shape index (κ3) is 3.23. The van der Waals surface area contributed by atoms with E-state index in [4.69, 9.17) is 11.6 Å². The lowest BCUT2D eigenvalue weighted by atomic mass is 9.94. The molecule has 0 spiro atoms. The molecule has 0 saturated heterocycles. The van der Waals surface area contributed by atoms with E-state index in [1.54, 1.807) is 30.3 Å². The number of allylic oxidation sites excluding steroid dienone is 1. The maximum atomic E-state index is 12.6. The van der Waals surface area contributed by atoms with Gasteiger partial charge in [0.05, 0.1) is 4.90 Å². The van der Waals surface area contributed by atoms with Crippen LogP contribution >= 0.6 is 11.6 Å². The van der Waals surface area contributed by atoms with Crippen LogP contribution in [-0.4, -0.2) is 18.6 Å². The Morgan fingerprint density at radius 3 is 2.46 bits per heavy atom. The van der Waals surface area contributed by atoms with E-state index in [9.17, 15) is 13.2 Å². The molecular formula is C18H16ClNO3S. The van der Waals surface area contributed by atoms with Crippen molar-refractivity contribution >= 4 is 27.5 Å². The monoisotopic (exact) mass is 361 g/mol. The first-order valence-corrected chi connectivity index (χ1v) is 9.27. The van der Waals surface area contributed by atoms with Crippen molar-refractivity contribution in [2.45, 2.75) is 24.2 Å². The zero-order valence-corrected chi connectivity index (χ0v) is 14.6. The van der Waals surface area contributed by atoms with Gasteiger partial charge in [0.15, 0.2) is 0 Å². The minimum absolute atomic E-state index is 0.0853. The quantitative estimate of drug-likeness (QED) is 0.833. The van der Waals surface area contributed by atoms with E-state index in [0.29, 0.717) is 5.02 Å². The van der Waals surface area contributed by atoms with Gasteiger partial charge in [-0.05, 0) is 36.8 Å². The summed E-state index contributed by atoms with van der Waals surface area (Å²) in [6.07, 6.45) is 3.15. The number of sulfonamides is 1. The van der Waals surface area contributed by atoms with Gasteiger partial charge in [0.2, 0.25) is 5.91 Å². The predicted octanol–water partition coefficient (Wildman–Crippen LogP) is 3.87. The molecular weight excluding hydrogens is 346 g/mol. The average Bonchev–Trinajstić information content (AvgIpc) is 2.55. The number of carbonyl (C=O) groups excluding carboxylic acids is 1. The number of halogens is 1. The van der Waals surface area contributed by atoms with Gasteiger partial charge >= 0.3 is 0 Å². The third-order valence-corrected chi connectivity index (χ3v) is 5.89. The topological polar surface area (TPSA) is 54.5 Å². The van der Waals surface area contributed by atoms with Crippen molar-refractivity contribution in [3.05, 3.63) is 77.0 Å². The molecule has 4 nitrogen and oxygen atoms in total. The molecule has 1 amide bonds. The van der Waals surface area contributed by atoms with Gasteiger partial charge in [0.25, 0.3) is 10.0 Å². The van der Waals surface area contributed by atoms with Gasteiger partial charge in [0, 0.05) is 23.6 Å². The first kappa shape index (κ1) is 16.7. The van der Waals surface area contributed by atoms with E-state index in [2.05, 4.69) is 0 Å². The summed E-state index contributed by atoms with van der Waals surface area (Å²) in [6.45, 7) is 1.87. The minimum Gasteiger partial charge on any atom is -0.273 e. The second-order valence-corrected chi connectivity index (χ2v) is 7.97. The molecule has 0 bridgehead atoms. The molecule has 1 unspecified atom stereocenters. The van der Waals surface area contributed by atoms with Crippen LogP contribution < -0.4 is 0 Å². The molecule has 0 radical (unpaired) electrons. The van der Waals surface area contributed by atoms with E-state index in [-0.39, 0.29) is 17.2 Å². The van der Waals surface area contributed by atoms with Crippen LogP contribution in [0.4, 0.5) is 0 Å². The fraction of sp³-hybridized carbons (Fsp3) is 0.167. The number of aryl methyl sites for hydroxylation is 1. The van der Waals surface area contributed by atoms with Crippen molar-refractivity contribution in [3.63, 3.8) is 0 Å². The van der Waals surface area contributed by atoms with E-state index >= 15 is 0 Å². The molecule has 0 fully saturated rings. The first-order chi connectivity index (χ1) is 11.4. The van der Waals surface area contributed by atoms with Gasteiger partial charge in [0.1, 0.15) is 0 Å². The largest absolute Gasteiger partial charge is 0.273 e. The molecule has 2 aromatic rings. The van der Waals surface area contributed by atoms with Crippen molar-refractivity contribution in [2.75, 3.05) is 0 Å². The summed E-state index contributed by atoms with van der Waals surface area (Å²) in [5.41, 5.74) is 1.84. The van der Waals surface area contributed by atoms with Crippen LogP contribution in [0, 0.1) is 6.92 Å². The number of carbonyl (C=O) groups is 1. The zero-order valence-electron chi connectivity index (χ0n) is 13.0. The molecule has 3 rings (SSSR count). The van der Waals surface area contributed by atoms with Gasteiger partial charge in [-0.15, -0.1) is 0 Å². The highest BCUT2D eigenvalue weighted by Gasteiger charge is 2.32. The lowest BCUT2D eigenvalue weighted by Crippen LogP contribution is -2.35. The Morgan fingerprint density at radius 1 is 1.12 bits per heavy atom. The highest BCUT2D eigenvalue weighted by molar-refractivity contribution is 7.89. The predicted molar refractivity (Wildman–Crippen MR) is 93.2 cm³/mol. The van der Waals surface area contributed by atoms with Crippen LogP contribution in [0.2, 0.25) is 5.02 Å². The SMILES string of the molecule is Cc1ccc(S(=O)(=O)N2C=CC(c3cccc(Cl)c3)CC2=O)cc1. The number of nitrogens with zero attached hydrogens (tertiary/aromatic N) is 1. The summed E-state index contributed by atoms with van der Waals surface area (Å²) < 4.78 is 26.1. The number of hydrogen-bond acceptors (Lipinski definition) is 3. The number of hydrogen-bond donors (Lipinski definition) is 0. The van der Waals surface area contributed by atoms with E-state index in [1.165, 1.54) is 18.3 Å². The lowest BCUT2D eigenvalue weighted by Gasteiger charge is -2.26. The highest BCUT2D eigenvalue weighted by Crippen LogP contribution is 2.30. The molecule has 2 aromatic carbocycles. The van der Waals surface area contributed by atoms with Crippen molar-refractivity contribution in [2.24, 2.45) is 0 Å². The fourth-order valence-electron chi connectivity index (χ4n) is 2.62.